The zero-order valence-electron chi connectivity index (χ0n) is 6.78. The summed E-state index contributed by atoms with van der Waals surface area (Å²) in [6.07, 6.45) is 0. The van der Waals surface area contributed by atoms with Crippen molar-refractivity contribution in [1.82, 2.24) is 5.48 Å². The summed E-state index contributed by atoms with van der Waals surface area (Å²) in [5.74, 6) is -0.366. The van der Waals surface area contributed by atoms with Crippen LogP contribution < -0.4 is 16.5 Å². The molecule has 0 aliphatic heterocycles. The lowest BCUT2D eigenvalue weighted by Crippen LogP contribution is -2.28. The Morgan fingerprint density at radius 2 is 2.08 bits per heavy atom. The third-order valence-electron chi connectivity index (χ3n) is 1.26. The molecule has 1 unspecified atom stereocenters. The number of hydrogen-bond acceptors (Lipinski definition) is 3. The molecule has 0 fully saturated rings. The summed E-state index contributed by atoms with van der Waals surface area (Å²) in [7, 11) is -2.34. The highest BCUT2D eigenvalue weighted by atomic mass is 31.1. The van der Waals surface area contributed by atoms with E-state index in [2.05, 4.69) is 4.62 Å². The molecule has 5 nitrogen and oxygen atoms in total. The van der Waals surface area contributed by atoms with Gasteiger partial charge in [0.15, 0.2) is 0 Å². The molecule has 0 bridgehead atoms. The minimum absolute atomic E-state index is 0.366. The van der Waals surface area contributed by atoms with Crippen molar-refractivity contribution < 1.29 is 9.19 Å². The maximum atomic E-state index is 11.3. The summed E-state index contributed by atoms with van der Waals surface area (Å²) < 4.78 is 15.9. The van der Waals surface area contributed by atoms with Gasteiger partial charge in [0, 0.05) is 5.30 Å². The van der Waals surface area contributed by atoms with Crippen LogP contribution in [-0.2, 0) is 9.19 Å². The van der Waals surface area contributed by atoms with E-state index in [4.69, 9.17) is 11.1 Å². The van der Waals surface area contributed by atoms with Gasteiger partial charge in [-0.25, -0.2) is 10.1 Å². The van der Waals surface area contributed by atoms with Crippen LogP contribution in [0.3, 0.4) is 0 Å². The summed E-state index contributed by atoms with van der Waals surface area (Å²) >= 11 is 0. The van der Waals surface area contributed by atoms with Crippen molar-refractivity contribution in [3.8, 4) is 0 Å². The normalized spacial score (nSPS) is 12.0. The topological polar surface area (TPSA) is 88.2 Å². The number of hydrogen-bond donors (Lipinski definition) is 3. The lowest BCUT2D eigenvalue weighted by molar-refractivity contribution is 0.279. The number of nitrogens with two attached hydrogens (primary N) is 1. The first-order chi connectivity index (χ1) is 6.20. The molecule has 0 saturated carbocycles. The summed E-state index contributed by atoms with van der Waals surface area (Å²) in [6.45, 7) is 0. The van der Waals surface area contributed by atoms with Crippen molar-refractivity contribution in [3.63, 3.8) is 0 Å². The molecule has 0 spiro atoms. The Morgan fingerprint density at radius 1 is 1.46 bits per heavy atom. The Balaban J connectivity index is 2.54. The summed E-state index contributed by atoms with van der Waals surface area (Å²) in [5, 5.41) is 7.35. The molecular weight excluding hydrogens is 189 g/mol. The molecule has 0 radical (unpaired) electrons. The van der Waals surface area contributed by atoms with Gasteiger partial charge in [-0.05, 0) is 12.1 Å². The van der Waals surface area contributed by atoms with Gasteiger partial charge in [0.1, 0.15) is 0 Å². The fourth-order valence-electron chi connectivity index (χ4n) is 0.734. The molecule has 1 atom stereocenters. The van der Waals surface area contributed by atoms with Crippen molar-refractivity contribution >= 4 is 19.3 Å². The second-order valence-corrected chi connectivity index (χ2v) is 3.63. The SMILES string of the molecule is N=C(N)NO[PH](=O)c1ccccc1. The van der Waals surface area contributed by atoms with Crippen LogP contribution in [0.4, 0.5) is 0 Å². The Kier molecular flexibility index (Phi) is 3.49. The molecule has 70 valence electrons. The minimum Gasteiger partial charge on any atom is -0.368 e. The van der Waals surface area contributed by atoms with E-state index in [1.807, 2.05) is 11.5 Å². The quantitative estimate of drug-likeness (QED) is 0.281. The molecular formula is C7H10N3O2P. The van der Waals surface area contributed by atoms with Crippen LogP contribution in [0.25, 0.3) is 0 Å². The smallest absolute Gasteiger partial charge is 0.244 e. The number of hydroxylamine groups is 1. The Morgan fingerprint density at radius 3 is 2.62 bits per heavy atom. The molecule has 0 aromatic heterocycles. The third kappa shape index (κ3) is 3.27. The minimum atomic E-state index is -2.34. The zero-order valence-corrected chi connectivity index (χ0v) is 7.78. The molecule has 6 heteroatoms. The summed E-state index contributed by atoms with van der Waals surface area (Å²) in [5.41, 5.74) is 6.98. The van der Waals surface area contributed by atoms with Gasteiger partial charge in [0.05, 0.1) is 0 Å². The van der Waals surface area contributed by atoms with Crippen molar-refractivity contribution in [3.05, 3.63) is 30.3 Å². The maximum absolute atomic E-state index is 11.3. The molecule has 0 aliphatic rings. The van der Waals surface area contributed by atoms with Gasteiger partial charge >= 0.3 is 0 Å². The molecule has 1 aromatic carbocycles. The van der Waals surface area contributed by atoms with Gasteiger partial charge in [-0.3, -0.25) is 9.97 Å². The largest absolute Gasteiger partial charge is 0.368 e. The lowest BCUT2D eigenvalue weighted by Gasteiger charge is -2.03. The highest BCUT2D eigenvalue weighted by molar-refractivity contribution is 7.48. The van der Waals surface area contributed by atoms with Gasteiger partial charge in [-0.2, -0.15) is 0 Å². The van der Waals surface area contributed by atoms with E-state index in [1.54, 1.807) is 24.3 Å². The van der Waals surface area contributed by atoms with E-state index in [-0.39, 0.29) is 5.96 Å². The number of benzene rings is 1. The van der Waals surface area contributed by atoms with Crippen LogP contribution in [0.2, 0.25) is 0 Å². The van der Waals surface area contributed by atoms with Gasteiger partial charge in [-0.1, -0.05) is 18.2 Å². The molecule has 13 heavy (non-hydrogen) atoms. The molecule has 1 aromatic rings. The van der Waals surface area contributed by atoms with Crippen molar-refractivity contribution in [2.24, 2.45) is 5.73 Å². The Hall–Kier alpha value is -1.32. The van der Waals surface area contributed by atoms with E-state index in [1.165, 1.54) is 0 Å². The molecule has 0 aliphatic carbocycles. The lowest BCUT2D eigenvalue weighted by atomic mass is 10.4. The van der Waals surface area contributed by atoms with Crippen LogP contribution in [0.15, 0.2) is 30.3 Å². The average Bonchev–Trinajstić information content (AvgIpc) is 2.15. The average molecular weight is 199 g/mol. The van der Waals surface area contributed by atoms with Crippen LogP contribution in [0, 0.1) is 5.41 Å². The van der Waals surface area contributed by atoms with E-state index in [0.29, 0.717) is 5.30 Å². The molecule has 0 heterocycles. The van der Waals surface area contributed by atoms with Crippen LogP contribution in [-0.4, -0.2) is 5.96 Å². The summed E-state index contributed by atoms with van der Waals surface area (Å²) in [4.78, 5) is 0. The monoisotopic (exact) mass is 199 g/mol. The molecule has 0 saturated heterocycles. The predicted molar refractivity (Wildman–Crippen MR) is 51.2 cm³/mol. The van der Waals surface area contributed by atoms with E-state index >= 15 is 0 Å². The Bertz CT molecular complexity index is 315. The number of nitrogens with one attached hydrogen (secondary N) is 2. The standard InChI is InChI=1S/C7H10N3O2P/c8-7(9)10-12-13(11)6-4-2-1-3-5-6/h1-5,13H,(H4,8,9,10). The molecule has 4 N–H and O–H groups in total. The third-order valence-corrected chi connectivity index (χ3v) is 2.36. The fraction of sp³-hybridized carbons (Fsp3) is 0. The van der Waals surface area contributed by atoms with E-state index in [0.717, 1.165) is 0 Å². The van der Waals surface area contributed by atoms with Crippen molar-refractivity contribution in [2.45, 2.75) is 0 Å². The first-order valence-electron chi connectivity index (χ1n) is 3.56. The van der Waals surface area contributed by atoms with Crippen molar-refractivity contribution in [1.29, 1.82) is 5.41 Å². The van der Waals surface area contributed by atoms with Crippen LogP contribution >= 0.6 is 8.03 Å². The van der Waals surface area contributed by atoms with Gasteiger partial charge < -0.3 is 5.73 Å². The highest BCUT2D eigenvalue weighted by Crippen LogP contribution is 2.18. The maximum Gasteiger partial charge on any atom is 0.244 e. The second kappa shape index (κ2) is 4.64. The fourth-order valence-corrected chi connectivity index (χ4v) is 1.52. The predicted octanol–water partition coefficient (Wildman–Crippen LogP) is 0.201. The van der Waals surface area contributed by atoms with E-state index in [9.17, 15) is 4.57 Å². The second-order valence-electron chi connectivity index (χ2n) is 2.27. The zero-order chi connectivity index (χ0) is 9.68. The van der Waals surface area contributed by atoms with Gasteiger partial charge in [-0.15, -0.1) is 0 Å². The first kappa shape index (κ1) is 9.77. The Labute approximate surface area is 76.2 Å². The molecule has 0 amide bonds. The molecule has 1 rings (SSSR count). The number of guanidine groups is 1. The van der Waals surface area contributed by atoms with Gasteiger partial charge in [0.25, 0.3) is 0 Å². The highest BCUT2D eigenvalue weighted by Gasteiger charge is 2.02. The van der Waals surface area contributed by atoms with Crippen LogP contribution in [0.5, 0.6) is 0 Å². The van der Waals surface area contributed by atoms with Crippen molar-refractivity contribution in [2.75, 3.05) is 0 Å². The summed E-state index contributed by atoms with van der Waals surface area (Å²) in [6, 6.07) is 8.70. The van der Waals surface area contributed by atoms with Gasteiger partial charge in [0.2, 0.25) is 14.0 Å². The van der Waals surface area contributed by atoms with E-state index < -0.39 is 8.03 Å². The first-order valence-corrected chi connectivity index (χ1v) is 4.88. The number of rotatable bonds is 3. The van der Waals surface area contributed by atoms with Crippen LogP contribution in [0.1, 0.15) is 0 Å².